The van der Waals surface area contributed by atoms with Gasteiger partial charge in [0.2, 0.25) is 5.89 Å². The van der Waals surface area contributed by atoms with Crippen molar-refractivity contribution in [3.63, 3.8) is 0 Å². The van der Waals surface area contributed by atoms with E-state index in [1.165, 1.54) is 12.8 Å². The lowest BCUT2D eigenvalue weighted by Crippen LogP contribution is -2.01. The lowest BCUT2D eigenvalue weighted by atomic mass is 10.2. The first-order valence-electron chi connectivity index (χ1n) is 5.38. The normalized spacial score (nSPS) is 10.7. The number of unbranched alkanes of at least 4 members (excludes halogenated alkanes) is 2. The number of nitrogens with zero attached hydrogens (tertiary/aromatic N) is 2. The summed E-state index contributed by atoms with van der Waals surface area (Å²) in [5.74, 6) is 1.56. The van der Waals surface area contributed by atoms with Gasteiger partial charge in [0.05, 0.1) is 0 Å². The monoisotopic (exact) mass is 197 g/mol. The molecule has 0 radical (unpaired) electrons. The molecular formula is C10H19N3O. The summed E-state index contributed by atoms with van der Waals surface area (Å²) >= 11 is 0. The van der Waals surface area contributed by atoms with Gasteiger partial charge >= 0.3 is 0 Å². The molecule has 1 aromatic heterocycles. The molecule has 2 N–H and O–H groups in total. The van der Waals surface area contributed by atoms with E-state index in [0.29, 0.717) is 6.54 Å². The number of aryl methyl sites for hydroxylation is 2. The third-order valence-electron chi connectivity index (χ3n) is 2.11. The van der Waals surface area contributed by atoms with Gasteiger partial charge in [0.25, 0.3) is 0 Å². The van der Waals surface area contributed by atoms with Crippen molar-refractivity contribution in [3.8, 4) is 0 Å². The van der Waals surface area contributed by atoms with Crippen LogP contribution in [0.5, 0.6) is 0 Å². The highest BCUT2D eigenvalue weighted by molar-refractivity contribution is 4.86. The Morgan fingerprint density at radius 2 is 2.07 bits per heavy atom. The molecule has 0 spiro atoms. The van der Waals surface area contributed by atoms with E-state index < -0.39 is 0 Å². The molecule has 0 amide bonds. The van der Waals surface area contributed by atoms with E-state index in [9.17, 15) is 0 Å². The lowest BCUT2D eigenvalue weighted by Gasteiger charge is -1.91. The largest absolute Gasteiger partial charge is 0.339 e. The first-order chi connectivity index (χ1) is 6.86. The highest BCUT2D eigenvalue weighted by Crippen LogP contribution is 2.05. The Morgan fingerprint density at radius 3 is 2.79 bits per heavy atom. The summed E-state index contributed by atoms with van der Waals surface area (Å²) in [6, 6.07) is 0. The van der Waals surface area contributed by atoms with Gasteiger partial charge < -0.3 is 10.3 Å². The van der Waals surface area contributed by atoms with Crippen molar-refractivity contribution < 1.29 is 4.52 Å². The Labute approximate surface area is 84.9 Å². The average Bonchev–Trinajstić information content (AvgIpc) is 2.63. The van der Waals surface area contributed by atoms with Gasteiger partial charge in [-0.3, -0.25) is 0 Å². The minimum absolute atomic E-state index is 0.680. The Morgan fingerprint density at radius 1 is 1.21 bits per heavy atom. The van der Waals surface area contributed by atoms with E-state index in [2.05, 4.69) is 17.1 Å². The smallest absolute Gasteiger partial charge is 0.226 e. The second-order valence-electron chi connectivity index (χ2n) is 3.45. The van der Waals surface area contributed by atoms with Crippen LogP contribution >= 0.6 is 0 Å². The molecule has 0 unspecified atom stereocenters. The van der Waals surface area contributed by atoms with Crippen LogP contribution in [-0.4, -0.2) is 16.7 Å². The van der Waals surface area contributed by atoms with Gasteiger partial charge in [-0.05, 0) is 19.4 Å². The summed E-state index contributed by atoms with van der Waals surface area (Å²) in [5.41, 5.74) is 5.40. The van der Waals surface area contributed by atoms with Crippen LogP contribution in [0.15, 0.2) is 4.52 Å². The first-order valence-corrected chi connectivity index (χ1v) is 5.38. The number of rotatable bonds is 7. The van der Waals surface area contributed by atoms with Crippen molar-refractivity contribution in [1.82, 2.24) is 10.1 Å². The highest BCUT2D eigenvalue weighted by Gasteiger charge is 2.04. The summed E-state index contributed by atoms with van der Waals surface area (Å²) in [6.45, 7) is 2.86. The van der Waals surface area contributed by atoms with E-state index in [1.807, 2.05) is 0 Å². The fraction of sp³-hybridized carbons (Fsp3) is 0.800. The molecule has 0 aliphatic rings. The molecule has 0 saturated heterocycles. The number of hydrogen-bond acceptors (Lipinski definition) is 4. The second-order valence-corrected chi connectivity index (χ2v) is 3.45. The number of aromatic nitrogens is 2. The van der Waals surface area contributed by atoms with Crippen molar-refractivity contribution in [2.45, 2.75) is 45.4 Å². The Balaban J connectivity index is 2.27. The van der Waals surface area contributed by atoms with Gasteiger partial charge in [0.15, 0.2) is 5.82 Å². The van der Waals surface area contributed by atoms with Crippen LogP contribution in [0.25, 0.3) is 0 Å². The molecular weight excluding hydrogens is 178 g/mol. The van der Waals surface area contributed by atoms with Gasteiger partial charge in [-0.2, -0.15) is 4.98 Å². The zero-order valence-electron chi connectivity index (χ0n) is 8.83. The summed E-state index contributed by atoms with van der Waals surface area (Å²) in [4.78, 5) is 4.29. The molecule has 4 nitrogen and oxygen atoms in total. The zero-order chi connectivity index (χ0) is 10.2. The zero-order valence-corrected chi connectivity index (χ0v) is 8.83. The minimum atomic E-state index is 0.680. The highest BCUT2D eigenvalue weighted by atomic mass is 16.5. The second kappa shape index (κ2) is 6.54. The van der Waals surface area contributed by atoms with Crippen molar-refractivity contribution >= 4 is 0 Å². The molecule has 80 valence electrons. The number of nitrogens with two attached hydrogens (primary N) is 1. The molecule has 0 atom stereocenters. The Bertz CT molecular complexity index is 247. The predicted molar refractivity (Wildman–Crippen MR) is 54.9 cm³/mol. The average molecular weight is 197 g/mol. The molecule has 0 fully saturated rings. The van der Waals surface area contributed by atoms with Crippen molar-refractivity contribution in [1.29, 1.82) is 0 Å². The van der Waals surface area contributed by atoms with Crippen LogP contribution in [0.4, 0.5) is 0 Å². The van der Waals surface area contributed by atoms with Gasteiger partial charge in [-0.25, -0.2) is 0 Å². The molecule has 1 aromatic rings. The Hall–Kier alpha value is -0.900. The lowest BCUT2D eigenvalue weighted by molar-refractivity contribution is 0.368. The number of hydrogen-bond donors (Lipinski definition) is 1. The van der Waals surface area contributed by atoms with Gasteiger partial charge in [0.1, 0.15) is 0 Å². The molecule has 0 aliphatic carbocycles. The molecule has 0 bridgehead atoms. The van der Waals surface area contributed by atoms with Crippen LogP contribution in [-0.2, 0) is 12.8 Å². The van der Waals surface area contributed by atoms with E-state index in [4.69, 9.17) is 10.3 Å². The third kappa shape index (κ3) is 3.87. The van der Waals surface area contributed by atoms with Crippen LogP contribution < -0.4 is 5.73 Å². The maximum atomic E-state index is 5.40. The van der Waals surface area contributed by atoms with E-state index >= 15 is 0 Å². The molecule has 1 rings (SSSR count). The van der Waals surface area contributed by atoms with Crippen molar-refractivity contribution in [3.05, 3.63) is 11.7 Å². The fourth-order valence-corrected chi connectivity index (χ4v) is 1.28. The van der Waals surface area contributed by atoms with Gasteiger partial charge in [-0.15, -0.1) is 0 Å². The molecule has 0 aliphatic heterocycles. The SMILES string of the molecule is CCCCCc1nc(CCCN)no1. The summed E-state index contributed by atoms with van der Waals surface area (Å²) in [6.07, 6.45) is 6.23. The van der Waals surface area contributed by atoms with Crippen LogP contribution in [0.3, 0.4) is 0 Å². The summed E-state index contributed by atoms with van der Waals surface area (Å²) in [5, 5.41) is 3.89. The quantitative estimate of drug-likeness (QED) is 0.675. The summed E-state index contributed by atoms with van der Waals surface area (Å²) < 4.78 is 5.11. The van der Waals surface area contributed by atoms with Gasteiger partial charge in [0, 0.05) is 12.8 Å². The van der Waals surface area contributed by atoms with E-state index in [-0.39, 0.29) is 0 Å². The maximum Gasteiger partial charge on any atom is 0.226 e. The fourth-order valence-electron chi connectivity index (χ4n) is 1.28. The van der Waals surface area contributed by atoms with Crippen LogP contribution in [0.2, 0.25) is 0 Å². The molecule has 0 saturated carbocycles. The first kappa shape index (κ1) is 11.2. The molecule has 14 heavy (non-hydrogen) atoms. The molecule has 4 heteroatoms. The van der Waals surface area contributed by atoms with Crippen molar-refractivity contribution in [2.75, 3.05) is 6.54 Å². The summed E-state index contributed by atoms with van der Waals surface area (Å²) in [7, 11) is 0. The van der Waals surface area contributed by atoms with Crippen LogP contribution in [0, 0.1) is 0 Å². The third-order valence-corrected chi connectivity index (χ3v) is 2.11. The van der Waals surface area contributed by atoms with Crippen LogP contribution in [0.1, 0.15) is 44.3 Å². The maximum absolute atomic E-state index is 5.40. The van der Waals surface area contributed by atoms with E-state index in [0.717, 1.165) is 37.4 Å². The van der Waals surface area contributed by atoms with Crippen molar-refractivity contribution in [2.24, 2.45) is 5.73 Å². The molecule has 1 heterocycles. The molecule has 0 aromatic carbocycles. The van der Waals surface area contributed by atoms with Gasteiger partial charge in [-0.1, -0.05) is 24.9 Å². The predicted octanol–water partition coefficient (Wildman–Crippen LogP) is 1.69. The van der Waals surface area contributed by atoms with E-state index in [1.54, 1.807) is 0 Å². The standard InChI is InChI=1S/C10H19N3O/c1-2-3-4-7-10-12-9(13-14-10)6-5-8-11/h2-8,11H2,1H3. The Kier molecular flexibility index (Phi) is 5.22. The topological polar surface area (TPSA) is 64.9 Å². The minimum Gasteiger partial charge on any atom is -0.339 e.